The molecule has 0 bridgehead atoms. The molecule has 1 aromatic heterocycles. The van der Waals surface area contributed by atoms with Crippen LogP contribution in [0, 0.1) is 23.0 Å². The molecule has 20 heavy (non-hydrogen) atoms. The van der Waals surface area contributed by atoms with E-state index in [4.69, 9.17) is 0 Å². The van der Waals surface area contributed by atoms with Crippen LogP contribution >= 0.6 is 0 Å². The number of aliphatic carboxylic acids is 1. The summed E-state index contributed by atoms with van der Waals surface area (Å²) in [6, 6.07) is 0.811. The van der Waals surface area contributed by atoms with Crippen LogP contribution in [0.3, 0.4) is 0 Å². The summed E-state index contributed by atoms with van der Waals surface area (Å²) in [7, 11) is 0. The molecule has 7 nitrogen and oxygen atoms in total. The summed E-state index contributed by atoms with van der Waals surface area (Å²) in [6.45, 7) is 4.35. The van der Waals surface area contributed by atoms with Gasteiger partial charge in [0.1, 0.15) is 18.1 Å². The number of nitrogens with zero attached hydrogens (tertiary/aromatic N) is 3. The zero-order chi connectivity index (χ0) is 14.9. The number of aryl methyl sites for hydroxylation is 1. The Morgan fingerprint density at radius 1 is 1.60 bits per heavy atom. The van der Waals surface area contributed by atoms with Gasteiger partial charge < -0.3 is 10.0 Å². The molecule has 2 heterocycles. The zero-order valence-corrected chi connectivity index (χ0v) is 11.4. The van der Waals surface area contributed by atoms with Crippen molar-refractivity contribution in [1.29, 1.82) is 0 Å². The maximum atomic E-state index is 11.4. The van der Waals surface area contributed by atoms with Crippen molar-refractivity contribution in [2.45, 2.75) is 32.7 Å². The average Bonchev–Trinajstić information content (AvgIpc) is 2.38. The smallest absolute Gasteiger partial charge is 0.326 e. The molecular weight excluding hydrogens is 262 g/mol. The van der Waals surface area contributed by atoms with E-state index in [-0.39, 0.29) is 5.69 Å². The number of piperidine rings is 1. The molecule has 2 atom stereocenters. The highest BCUT2D eigenvalue weighted by Crippen LogP contribution is 2.30. The highest BCUT2D eigenvalue weighted by Gasteiger charge is 2.33. The lowest BCUT2D eigenvalue weighted by Crippen LogP contribution is -2.47. The van der Waals surface area contributed by atoms with Gasteiger partial charge in [-0.2, -0.15) is 0 Å². The van der Waals surface area contributed by atoms with Crippen LogP contribution in [-0.2, 0) is 4.79 Å². The first-order valence-corrected chi connectivity index (χ1v) is 6.50. The largest absolute Gasteiger partial charge is 0.480 e. The fraction of sp³-hybridized carbons (Fsp3) is 0.538. The Kier molecular flexibility index (Phi) is 3.87. The molecule has 1 aliphatic rings. The van der Waals surface area contributed by atoms with Gasteiger partial charge in [0.25, 0.3) is 5.69 Å². The number of carboxylic acids is 1. The van der Waals surface area contributed by atoms with Crippen molar-refractivity contribution in [1.82, 2.24) is 4.98 Å². The molecule has 108 valence electrons. The average molecular weight is 279 g/mol. The number of carboxylic acid groups (broad SMARTS) is 1. The Hall–Kier alpha value is -2.18. The normalized spacial score (nSPS) is 22.6. The monoisotopic (exact) mass is 279 g/mol. The van der Waals surface area contributed by atoms with Gasteiger partial charge in [-0.05, 0) is 31.2 Å². The lowest BCUT2D eigenvalue weighted by molar-refractivity contribution is -0.385. The van der Waals surface area contributed by atoms with E-state index in [0.29, 0.717) is 30.3 Å². The zero-order valence-electron chi connectivity index (χ0n) is 11.4. The number of hydrogen-bond acceptors (Lipinski definition) is 5. The second-order valence-corrected chi connectivity index (χ2v) is 5.27. The fourth-order valence-corrected chi connectivity index (χ4v) is 2.58. The number of carbonyl (C=O) groups is 1. The number of nitro groups is 1. The molecule has 0 aromatic carbocycles. The van der Waals surface area contributed by atoms with Crippen molar-refractivity contribution in [3.8, 4) is 0 Å². The van der Waals surface area contributed by atoms with Gasteiger partial charge >= 0.3 is 5.97 Å². The predicted octanol–water partition coefficient (Wildman–Crippen LogP) is 1.99. The van der Waals surface area contributed by atoms with Crippen LogP contribution in [0.2, 0.25) is 0 Å². The third kappa shape index (κ3) is 2.71. The van der Waals surface area contributed by atoms with Gasteiger partial charge in [-0.1, -0.05) is 6.92 Å². The summed E-state index contributed by atoms with van der Waals surface area (Å²) >= 11 is 0. The first-order valence-electron chi connectivity index (χ1n) is 6.50. The van der Waals surface area contributed by atoms with Gasteiger partial charge in [0.2, 0.25) is 0 Å². The standard InChI is InChI=1S/C13H17N3O4/c1-8-3-4-15(11(5-8)13(17)18)12-9(2)6-10(7-14-12)16(19)20/h6-8,11H,3-5H2,1-2H3,(H,17,18). The number of rotatable bonds is 3. The number of aromatic nitrogens is 1. The van der Waals surface area contributed by atoms with Crippen LogP contribution in [0.4, 0.5) is 11.5 Å². The highest BCUT2D eigenvalue weighted by molar-refractivity contribution is 5.78. The predicted molar refractivity (Wildman–Crippen MR) is 72.8 cm³/mol. The molecule has 0 aliphatic carbocycles. The molecule has 1 aliphatic heterocycles. The molecule has 2 unspecified atom stereocenters. The van der Waals surface area contributed by atoms with E-state index >= 15 is 0 Å². The Bertz CT molecular complexity index is 546. The molecule has 1 N–H and O–H groups in total. The van der Waals surface area contributed by atoms with E-state index < -0.39 is 16.9 Å². The number of hydrogen-bond donors (Lipinski definition) is 1. The SMILES string of the molecule is Cc1cc([N+](=O)[O-])cnc1N1CCC(C)CC1C(=O)O. The van der Waals surface area contributed by atoms with Crippen LogP contribution in [0.25, 0.3) is 0 Å². The Morgan fingerprint density at radius 2 is 2.30 bits per heavy atom. The van der Waals surface area contributed by atoms with E-state index in [1.54, 1.807) is 11.8 Å². The summed E-state index contributed by atoms with van der Waals surface area (Å²) < 4.78 is 0. The molecular formula is C13H17N3O4. The topological polar surface area (TPSA) is 96.6 Å². The van der Waals surface area contributed by atoms with E-state index in [9.17, 15) is 20.0 Å². The molecule has 1 aromatic rings. The minimum atomic E-state index is -0.879. The van der Waals surface area contributed by atoms with Gasteiger partial charge in [0, 0.05) is 12.6 Å². The maximum Gasteiger partial charge on any atom is 0.326 e. The van der Waals surface area contributed by atoms with Crippen molar-refractivity contribution in [2.75, 3.05) is 11.4 Å². The summed E-state index contributed by atoms with van der Waals surface area (Å²) in [4.78, 5) is 27.4. The second-order valence-electron chi connectivity index (χ2n) is 5.27. The van der Waals surface area contributed by atoms with Gasteiger partial charge in [-0.3, -0.25) is 10.1 Å². The van der Waals surface area contributed by atoms with Crippen LogP contribution in [-0.4, -0.2) is 33.6 Å². The molecule has 1 fully saturated rings. The Morgan fingerprint density at radius 3 is 2.85 bits per heavy atom. The lowest BCUT2D eigenvalue weighted by atomic mass is 9.92. The van der Waals surface area contributed by atoms with Crippen LogP contribution in [0.5, 0.6) is 0 Å². The van der Waals surface area contributed by atoms with E-state index in [2.05, 4.69) is 4.98 Å². The van der Waals surface area contributed by atoms with Gasteiger partial charge in [0.05, 0.1) is 4.92 Å². The summed E-state index contributed by atoms with van der Waals surface area (Å²) in [5.74, 6) is -0.00305. The van der Waals surface area contributed by atoms with Crippen LogP contribution < -0.4 is 4.90 Å². The third-order valence-corrected chi connectivity index (χ3v) is 3.67. The van der Waals surface area contributed by atoms with Gasteiger partial charge in [-0.15, -0.1) is 0 Å². The molecule has 1 saturated heterocycles. The molecule has 7 heteroatoms. The molecule has 0 saturated carbocycles. The minimum absolute atomic E-state index is 0.0801. The number of anilines is 1. The second kappa shape index (κ2) is 5.44. The van der Waals surface area contributed by atoms with Crippen molar-refractivity contribution in [3.63, 3.8) is 0 Å². The Labute approximate surface area is 116 Å². The quantitative estimate of drug-likeness (QED) is 0.671. The highest BCUT2D eigenvalue weighted by atomic mass is 16.6. The van der Waals surface area contributed by atoms with E-state index in [0.717, 1.165) is 6.42 Å². The lowest BCUT2D eigenvalue weighted by Gasteiger charge is -2.37. The van der Waals surface area contributed by atoms with Crippen molar-refractivity contribution in [2.24, 2.45) is 5.92 Å². The van der Waals surface area contributed by atoms with Gasteiger partial charge in [0.15, 0.2) is 0 Å². The first-order chi connectivity index (χ1) is 9.40. The van der Waals surface area contributed by atoms with Crippen LogP contribution in [0.15, 0.2) is 12.3 Å². The van der Waals surface area contributed by atoms with Crippen molar-refractivity contribution >= 4 is 17.5 Å². The number of pyridine rings is 1. The third-order valence-electron chi connectivity index (χ3n) is 3.67. The minimum Gasteiger partial charge on any atom is -0.480 e. The first kappa shape index (κ1) is 14.2. The summed E-state index contributed by atoms with van der Waals surface area (Å²) in [5.41, 5.74) is 0.545. The van der Waals surface area contributed by atoms with Gasteiger partial charge in [-0.25, -0.2) is 9.78 Å². The molecule has 0 radical (unpaired) electrons. The molecule has 2 rings (SSSR count). The molecule has 0 amide bonds. The molecule has 0 spiro atoms. The van der Waals surface area contributed by atoms with Crippen molar-refractivity contribution in [3.05, 3.63) is 27.9 Å². The Balaban J connectivity index is 2.34. The maximum absolute atomic E-state index is 11.4. The summed E-state index contributed by atoms with van der Waals surface area (Å²) in [6.07, 6.45) is 2.63. The van der Waals surface area contributed by atoms with Crippen LogP contribution in [0.1, 0.15) is 25.3 Å². The van der Waals surface area contributed by atoms with E-state index in [1.807, 2.05) is 6.92 Å². The summed E-state index contributed by atoms with van der Waals surface area (Å²) in [5, 5.41) is 20.1. The van der Waals surface area contributed by atoms with E-state index in [1.165, 1.54) is 12.3 Å². The fourth-order valence-electron chi connectivity index (χ4n) is 2.58. The van der Waals surface area contributed by atoms with Crippen molar-refractivity contribution < 1.29 is 14.8 Å².